The van der Waals surface area contributed by atoms with Crippen molar-refractivity contribution in [2.45, 2.75) is 18.9 Å². The van der Waals surface area contributed by atoms with Crippen LogP contribution in [0.3, 0.4) is 0 Å². The van der Waals surface area contributed by atoms with E-state index in [0.717, 1.165) is 11.3 Å². The van der Waals surface area contributed by atoms with Crippen LogP contribution in [0.2, 0.25) is 5.02 Å². The molecule has 2 aliphatic rings. The largest absolute Gasteiger partial charge is 0.496 e. The number of nitrogens with one attached hydrogen (secondary N) is 2. The number of halogens is 1. The van der Waals surface area contributed by atoms with E-state index in [0.29, 0.717) is 29.5 Å². The molecule has 10 nitrogen and oxygen atoms in total. The molecule has 11 heteroatoms. The lowest BCUT2D eigenvalue weighted by Crippen LogP contribution is -2.55. The van der Waals surface area contributed by atoms with Crippen LogP contribution in [0, 0.1) is 5.92 Å². The quantitative estimate of drug-likeness (QED) is 0.310. The van der Waals surface area contributed by atoms with Crippen LogP contribution in [0.5, 0.6) is 17.2 Å². The maximum absolute atomic E-state index is 13.7. The number of anilines is 1. The maximum atomic E-state index is 13.7. The molecule has 0 bridgehead atoms. The molecule has 0 amide bonds. The number of pyridine rings is 1. The van der Waals surface area contributed by atoms with Gasteiger partial charge in [-0.2, -0.15) is 5.10 Å². The van der Waals surface area contributed by atoms with Crippen LogP contribution in [-0.4, -0.2) is 51.6 Å². The predicted octanol–water partition coefficient (Wildman–Crippen LogP) is 5.12. The smallest absolute Gasteiger partial charge is 0.236 e. The zero-order chi connectivity index (χ0) is 28.0. The Morgan fingerprint density at radius 1 is 1.10 bits per heavy atom. The van der Waals surface area contributed by atoms with Gasteiger partial charge in [0.05, 0.1) is 14.2 Å². The van der Waals surface area contributed by atoms with Crippen LogP contribution in [-0.2, 0) is 4.79 Å². The Labute approximate surface area is 234 Å². The van der Waals surface area contributed by atoms with Crippen molar-refractivity contribution >= 4 is 28.9 Å². The summed E-state index contributed by atoms with van der Waals surface area (Å²) in [5.74, 6) is 0.316. The highest BCUT2D eigenvalue weighted by molar-refractivity contribution is 6.36. The first-order valence-corrected chi connectivity index (χ1v) is 12.9. The molecule has 202 valence electrons. The van der Waals surface area contributed by atoms with Crippen molar-refractivity contribution in [3.63, 3.8) is 0 Å². The van der Waals surface area contributed by atoms with Gasteiger partial charge in [-0.25, -0.2) is 4.98 Å². The van der Waals surface area contributed by atoms with Gasteiger partial charge in [0, 0.05) is 41.2 Å². The van der Waals surface area contributed by atoms with Crippen molar-refractivity contribution in [1.82, 2.24) is 20.2 Å². The summed E-state index contributed by atoms with van der Waals surface area (Å²) in [6.07, 6.45) is 3.50. The fourth-order valence-electron chi connectivity index (χ4n) is 5.11. The fraction of sp³-hybridized carbons (Fsp3) is 0.207. The van der Waals surface area contributed by atoms with Gasteiger partial charge in [0.25, 0.3) is 0 Å². The molecule has 2 atom stereocenters. The molecule has 0 radical (unpaired) electrons. The van der Waals surface area contributed by atoms with Crippen LogP contribution < -0.4 is 19.5 Å². The molecule has 0 saturated heterocycles. The number of aromatic nitrogens is 4. The monoisotopic (exact) mass is 557 g/mol. The van der Waals surface area contributed by atoms with Crippen molar-refractivity contribution in [3.8, 4) is 40.2 Å². The number of hydrogen-bond acceptors (Lipinski definition) is 9. The lowest BCUT2D eigenvalue weighted by Gasteiger charge is -2.35. The molecule has 2 aromatic carbocycles. The third kappa shape index (κ3) is 3.99. The first-order chi connectivity index (χ1) is 19.3. The Morgan fingerprint density at radius 2 is 1.88 bits per heavy atom. The Hall–Kier alpha value is -4.70. The van der Waals surface area contributed by atoms with E-state index in [2.05, 4.69) is 25.5 Å². The van der Waals surface area contributed by atoms with E-state index < -0.39 is 23.1 Å². The number of fused-ring (bicyclic) bond motifs is 1. The molecule has 0 saturated carbocycles. The summed E-state index contributed by atoms with van der Waals surface area (Å²) in [7, 11) is 2.88. The average molecular weight is 558 g/mol. The number of allylic oxidation sites excluding steroid dienone is 1. The number of benzene rings is 2. The standard InChI is InChI=1S/C29H24ClN5O5/c1-15-12-18(13-22(36)29(15)26(37)23-20(38-2)14-21(39-3)24(30)25(23)40-29)32-17-9-7-16(8-10-17)27-33-28(35-34-27)19-6-4-5-11-31-19/h4-11,13-15,32H,12H2,1-3H3,(H,33,34,35). The van der Waals surface area contributed by atoms with Crippen LogP contribution in [0.15, 0.2) is 66.5 Å². The van der Waals surface area contributed by atoms with Gasteiger partial charge in [-0.15, -0.1) is 0 Å². The number of carbonyl (C=O) groups excluding carboxylic acids is 2. The lowest BCUT2D eigenvalue weighted by molar-refractivity contribution is -0.129. The minimum Gasteiger partial charge on any atom is -0.496 e. The summed E-state index contributed by atoms with van der Waals surface area (Å²) < 4.78 is 16.8. The fourth-order valence-corrected chi connectivity index (χ4v) is 5.38. The highest BCUT2D eigenvalue weighted by atomic mass is 35.5. The number of ketones is 2. The van der Waals surface area contributed by atoms with Gasteiger partial charge < -0.3 is 19.5 Å². The second kappa shape index (κ2) is 9.80. The molecule has 1 aliphatic carbocycles. The van der Waals surface area contributed by atoms with Crippen LogP contribution in [0.4, 0.5) is 5.69 Å². The topological polar surface area (TPSA) is 128 Å². The molecule has 6 rings (SSSR count). The molecular weight excluding hydrogens is 534 g/mol. The van der Waals surface area contributed by atoms with Crippen LogP contribution >= 0.6 is 11.6 Å². The van der Waals surface area contributed by atoms with Gasteiger partial charge in [0.15, 0.2) is 17.4 Å². The van der Waals surface area contributed by atoms with Gasteiger partial charge in [0.1, 0.15) is 27.8 Å². The normalized spacial score (nSPS) is 19.7. The highest BCUT2D eigenvalue weighted by Crippen LogP contribution is 2.53. The van der Waals surface area contributed by atoms with Gasteiger partial charge in [-0.05, 0) is 42.8 Å². The molecular formula is C29H24ClN5O5. The molecule has 4 aromatic rings. The lowest BCUT2D eigenvalue weighted by atomic mass is 9.74. The molecule has 1 aliphatic heterocycles. The van der Waals surface area contributed by atoms with Gasteiger partial charge in [-0.3, -0.25) is 19.7 Å². The Morgan fingerprint density at radius 3 is 2.55 bits per heavy atom. The van der Waals surface area contributed by atoms with Crippen LogP contribution in [0.25, 0.3) is 22.9 Å². The van der Waals surface area contributed by atoms with Crippen molar-refractivity contribution < 1.29 is 23.8 Å². The number of rotatable bonds is 6. The number of H-pyrrole nitrogens is 1. The first-order valence-electron chi connectivity index (χ1n) is 12.5. The van der Waals surface area contributed by atoms with Crippen molar-refractivity contribution in [3.05, 3.63) is 77.1 Å². The van der Waals surface area contributed by atoms with Gasteiger partial charge in [-0.1, -0.05) is 24.6 Å². The number of Topliss-reactive ketones (excluding diaryl/α,β-unsaturated/α-hetero) is 1. The molecule has 2 unspecified atom stereocenters. The highest BCUT2D eigenvalue weighted by Gasteiger charge is 2.60. The molecule has 2 aromatic heterocycles. The zero-order valence-electron chi connectivity index (χ0n) is 21.8. The number of hydrogen-bond donors (Lipinski definition) is 2. The number of carbonyl (C=O) groups is 2. The average Bonchev–Trinajstić information content (AvgIpc) is 3.58. The summed E-state index contributed by atoms with van der Waals surface area (Å²) in [6, 6.07) is 14.6. The third-order valence-electron chi connectivity index (χ3n) is 7.15. The molecule has 0 fully saturated rings. The summed E-state index contributed by atoms with van der Waals surface area (Å²) in [4.78, 5) is 36.0. The van der Waals surface area contributed by atoms with E-state index in [4.69, 9.17) is 25.8 Å². The van der Waals surface area contributed by atoms with Gasteiger partial charge >= 0.3 is 0 Å². The first kappa shape index (κ1) is 25.6. The van der Waals surface area contributed by atoms with Gasteiger partial charge in [0.2, 0.25) is 17.2 Å². The van der Waals surface area contributed by atoms with E-state index in [1.165, 1.54) is 26.4 Å². The second-order valence-corrected chi connectivity index (χ2v) is 9.91. The summed E-state index contributed by atoms with van der Waals surface area (Å²) in [5, 5.41) is 10.6. The number of nitrogens with zero attached hydrogens (tertiary/aromatic N) is 3. The third-order valence-corrected chi connectivity index (χ3v) is 7.51. The van der Waals surface area contributed by atoms with E-state index in [-0.39, 0.29) is 27.8 Å². The minimum absolute atomic E-state index is 0.0987. The van der Waals surface area contributed by atoms with E-state index in [1.54, 1.807) is 13.1 Å². The number of methoxy groups -OCH3 is 2. The SMILES string of the molecule is COc1cc(OC)c2c(c1Cl)OC1(C(=O)C=C(Nc3ccc(-c4n[nH]c(-c5ccccn5)n4)cc3)CC1C)C2=O. The second-order valence-electron chi connectivity index (χ2n) is 9.53. The summed E-state index contributed by atoms with van der Waals surface area (Å²) in [6.45, 7) is 1.81. The molecule has 2 N–H and O–H groups in total. The number of ether oxygens (including phenoxy) is 3. The van der Waals surface area contributed by atoms with Crippen molar-refractivity contribution in [2.24, 2.45) is 5.92 Å². The minimum atomic E-state index is -1.72. The Balaban J connectivity index is 1.22. The van der Waals surface area contributed by atoms with Crippen molar-refractivity contribution in [1.29, 1.82) is 0 Å². The van der Waals surface area contributed by atoms with E-state index in [1.807, 2.05) is 42.5 Å². The molecule has 40 heavy (non-hydrogen) atoms. The Bertz CT molecular complexity index is 1670. The molecule has 1 spiro atoms. The van der Waals surface area contributed by atoms with E-state index >= 15 is 0 Å². The molecule has 3 heterocycles. The van der Waals surface area contributed by atoms with E-state index in [9.17, 15) is 9.59 Å². The summed E-state index contributed by atoms with van der Waals surface area (Å²) in [5.41, 5.74) is 1.36. The van der Waals surface area contributed by atoms with Crippen molar-refractivity contribution in [2.75, 3.05) is 19.5 Å². The maximum Gasteiger partial charge on any atom is 0.236 e. The predicted molar refractivity (Wildman–Crippen MR) is 148 cm³/mol. The number of aromatic amines is 1. The van der Waals surface area contributed by atoms with Crippen LogP contribution in [0.1, 0.15) is 23.7 Å². The summed E-state index contributed by atoms with van der Waals surface area (Å²) >= 11 is 6.46. The zero-order valence-corrected chi connectivity index (χ0v) is 22.6. The Kier molecular flexibility index (Phi) is 6.26.